The first-order valence-electron chi connectivity index (χ1n) is 10.7. The van der Waals surface area contributed by atoms with Crippen molar-refractivity contribution < 1.29 is 4.79 Å². The maximum atomic E-state index is 13.6. The van der Waals surface area contributed by atoms with E-state index in [1.165, 1.54) is 11.1 Å². The molecule has 4 heteroatoms. The molecule has 0 fully saturated rings. The Morgan fingerprint density at radius 1 is 1.03 bits per heavy atom. The molecule has 1 aromatic heterocycles. The number of fused-ring (bicyclic) bond motifs is 2. The zero-order valence-electron chi connectivity index (χ0n) is 17.4. The minimum absolute atomic E-state index is 0.0263. The van der Waals surface area contributed by atoms with Crippen LogP contribution in [0, 0.1) is 6.92 Å². The van der Waals surface area contributed by atoms with Crippen molar-refractivity contribution in [3.05, 3.63) is 100 Å². The fourth-order valence-electron chi connectivity index (χ4n) is 4.65. The van der Waals surface area contributed by atoms with E-state index in [-0.39, 0.29) is 11.9 Å². The van der Waals surface area contributed by atoms with Gasteiger partial charge in [0.05, 0.1) is 22.8 Å². The fourth-order valence-corrected chi connectivity index (χ4v) is 4.84. The van der Waals surface area contributed by atoms with Gasteiger partial charge in [0.2, 0.25) is 0 Å². The Kier molecular flexibility index (Phi) is 5.21. The third-order valence-electron chi connectivity index (χ3n) is 6.14. The second-order valence-electron chi connectivity index (χ2n) is 8.10. The Bertz CT molecular complexity index is 1300. The number of aryl methyl sites for hydroxylation is 1. The lowest BCUT2D eigenvalue weighted by atomic mass is 9.87. The van der Waals surface area contributed by atoms with Crippen LogP contribution >= 0.6 is 11.6 Å². The Hall–Kier alpha value is -3.17. The van der Waals surface area contributed by atoms with Gasteiger partial charge in [-0.25, -0.2) is 4.98 Å². The summed E-state index contributed by atoms with van der Waals surface area (Å²) < 4.78 is 0. The number of rotatable bonds is 3. The molecule has 1 aliphatic carbocycles. The predicted molar refractivity (Wildman–Crippen MR) is 127 cm³/mol. The highest BCUT2D eigenvalue weighted by Crippen LogP contribution is 2.33. The second kappa shape index (κ2) is 8.16. The molecular weight excluding hydrogens is 404 g/mol. The van der Waals surface area contributed by atoms with Crippen LogP contribution in [-0.4, -0.2) is 10.9 Å². The number of hydrogen-bond donors (Lipinski definition) is 1. The molecule has 3 aromatic carbocycles. The lowest BCUT2D eigenvalue weighted by molar-refractivity contribution is 0.0934. The van der Waals surface area contributed by atoms with Gasteiger partial charge in [-0.1, -0.05) is 66.2 Å². The van der Waals surface area contributed by atoms with Crippen LogP contribution in [0.5, 0.6) is 0 Å². The Labute approximate surface area is 187 Å². The zero-order chi connectivity index (χ0) is 21.4. The van der Waals surface area contributed by atoms with Crippen molar-refractivity contribution in [1.29, 1.82) is 0 Å². The van der Waals surface area contributed by atoms with Crippen LogP contribution in [0.25, 0.3) is 22.2 Å². The van der Waals surface area contributed by atoms with Crippen molar-refractivity contribution in [3.8, 4) is 11.3 Å². The molecule has 0 bridgehead atoms. The lowest BCUT2D eigenvalue weighted by Crippen LogP contribution is -2.31. The van der Waals surface area contributed by atoms with Crippen molar-refractivity contribution in [2.45, 2.75) is 32.2 Å². The molecule has 0 radical (unpaired) electrons. The van der Waals surface area contributed by atoms with E-state index in [1.807, 2.05) is 61.5 Å². The number of halogens is 1. The maximum absolute atomic E-state index is 13.6. The Morgan fingerprint density at radius 3 is 2.71 bits per heavy atom. The molecule has 1 N–H and O–H groups in total. The molecular formula is C27H23ClN2O. The number of aromatic nitrogens is 1. The molecule has 5 rings (SSSR count). The summed E-state index contributed by atoms with van der Waals surface area (Å²) in [7, 11) is 0. The largest absolute Gasteiger partial charge is 0.345 e. The van der Waals surface area contributed by atoms with Gasteiger partial charge in [-0.2, -0.15) is 0 Å². The van der Waals surface area contributed by atoms with Crippen LogP contribution in [0.2, 0.25) is 5.02 Å². The van der Waals surface area contributed by atoms with E-state index in [4.69, 9.17) is 16.6 Å². The van der Waals surface area contributed by atoms with Crippen LogP contribution in [-0.2, 0) is 6.42 Å². The van der Waals surface area contributed by atoms with E-state index in [1.54, 1.807) is 0 Å². The van der Waals surface area contributed by atoms with E-state index in [9.17, 15) is 4.79 Å². The van der Waals surface area contributed by atoms with Crippen molar-refractivity contribution in [1.82, 2.24) is 10.3 Å². The summed E-state index contributed by atoms with van der Waals surface area (Å²) in [5, 5.41) is 4.84. The number of carbonyl (C=O) groups excluding carboxylic acids is 1. The third kappa shape index (κ3) is 3.70. The summed E-state index contributed by atoms with van der Waals surface area (Å²) >= 11 is 6.24. The number of nitrogens with one attached hydrogen (secondary N) is 1. The number of pyridine rings is 1. The Morgan fingerprint density at radius 2 is 1.84 bits per heavy atom. The first-order valence-corrected chi connectivity index (χ1v) is 11.0. The number of para-hydroxylation sites is 1. The monoisotopic (exact) mass is 426 g/mol. The normalized spacial score (nSPS) is 15.5. The highest BCUT2D eigenvalue weighted by Gasteiger charge is 2.25. The molecule has 1 amide bonds. The molecule has 154 valence electrons. The van der Waals surface area contributed by atoms with E-state index in [2.05, 4.69) is 23.5 Å². The molecule has 3 nitrogen and oxygen atoms in total. The fraction of sp³-hybridized carbons (Fsp3) is 0.185. The van der Waals surface area contributed by atoms with Crippen LogP contribution in [0.4, 0.5) is 0 Å². The minimum atomic E-state index is -0.0546. The number of amides is 1. The zero-order valence-corrected chi connectivity index (χ0v) is 18.1. The molecule has 0 spiro atoms. The summed E-state index contributed by atoms with van der Waals surface area (Å²) in [6.07, 6.45) is 3.09. The quantitative estimate of drug-likeness (QED) is 0.397. The molecule has 31 heavy (non-hydrogen) atoms. The van der Waals surface area contributed by atoms with Crippen molar-refractivity contribution in [3.63, 3.8) is 0 Å². The van der Waals surface area contributed by atoms with Crippen LogP contribution in [0.15, 0.2) is 72.8 Å². The smallest absolute Gasteiger partial charge is 0.252 e. The summed E-state index contributed by atoms with van der Waals surface area (Å²) in [4.78, 5) is 18.5. The van der Waals surface area contributed by atoms with Gasteiger partial charge in [-0.05, 0) is 61.1 Å². The average molecular weight is 427 g/mol. The first-order chi connectivity index (χ1) is 15.1. The molecule has 0 saturated carbocycles. The molecule has 1 heterocycles. The van der Waals surface area contributed by atoms with E-state index in [0.29, 0.717) is 10.6 Å². The third-order valence-corrected chi connectivity index (χ3v) is 6.37. The number of carbonyl (C=O) groups is 1. The number of nitrogens with zero attached hydrogens (tertiary/aromatic N) is 1. The van der Waals surface area contributed by atoms with E-state index < -0.39 is 0 Å². The van der Waals surface area contributed by atoms with Gasteiger partial charge in [-0.3, -0.25) is 4.79 Å². The maximum Gasteiger partial charge on any atom is 0.252 e. The van der Waals surface area contributed by atoms with E-state index >= 15 is 0 Å². The van der Waals surface area contributed by atoms with Crippen LogP contribution in [0.3, 0.4) is 0 Å². The highest BCUT2D eigenvalue weighted by atomic mass is 35.5. The van der Waals surface area contributed by atoms with Crippen molar-refractivity contribution in [2.24, 2.45) is 0 Å². The number of hydrogen-bond acceptors (Lipinski definition) is 2. The average Bonchev–Trinajstić information content (AvgIpc) is 2.79. The minimum Gasteiger partial charge on any atom is -0.345 e. The SMILES string of the molecule is Cc1c(-c2cccc(Cl)c2)nc2ccccc2c1C(=O)N[C@@H]1CCCc2ccccc21. The summed E-state index contributed by atoms with van der Waals surface area (Å²) in [5.41, 5.74) is 6.61. The summed E-state index contributed by atoms with van der Waals surface area (Å²) in [6, 6.07) is 23.9. The van der Waals surface area contributed by atoms with Gasteiger partial charge in [0.1, 0.15) is 0 Å². The lowest BCUT2D eigenvalue weighted by Gasteiger charge is -2.27. The van der Waals surface area contributed by atoms with Gasteiger partial charge in [0, 0.05) is 16.0 Å². The van der Waals surface area contributed by atoms with Crippen LogP contribution < -0.4 is 5.32 Å². The van der Waals surface area contributed by atoms with Gasteiger partial charge in [-0.15, -0.1) is 0 Å². The van der Waals surface area contributed by atoms with Crippen LogP contribution in [0.1, 0.15) is 45.9 Å². The number of benzene rings is 3. The topological polar surface area (TPSA) is 42.0 Å². The van der Waals surface area contributed by atoms with Gasteiger partial charge in [0.15, 0.2) is 0 Å². The van der Waals surface area contributed by atoms with Crippen molar-refractivity contribution in [2.75, 3.05) is 0 Å². The Balaban J connectivity index is 1.61. The molecule has 0 unspecified atom stereocenters. The van der Waals surface area contributed by atoms with Gasteiger partial charge >= 0.3 is 0 Å². The second-order valence-corrected chi connectivity index (χ2v) is 8.54. The van der Waals surface area contributed by atoms with Crippen molar-refractivity contribution >= 4 is 28.4 Å². The summed E-state index contributed by atoms with van der Waals surface area (Å²) in [6.45, 7) is 1.97. The highest BCUT2D eigenvalue weighted by molar-refractivity contribution is 6.30. The predicted octanol–water partition coefficient (Wildman–Crippen LogP) is 6.67. The molecule has 0 aliphatic heterocycles. The molecule has 1 aliphatic rings. The standard InChI is InChI=1S/C27H23ClN2O/c1-17-25(27(31)30-23-15-7-9-18-8-2-3-12-21(18)23)22-13-4-5-14-24(22)29-26(17)19-10-6-11-20(28)16-19/h2-6,8,10-14,16,23H,7,9,15H2,1H3,(H,30,31)/t23-/m1/s1. The molecule has 1 atom stereocenters. The molecule has 0 saturated heterocycles. The van der Waals surface area contributed by atoms with Gasteiger partial charge < -0.3 is 5.32 Å². The van der Waals surface area contributed by atoms with Gasteiger partial charge in [0.25, 0.3) is 5.91 Å². The molecule has 4 aromatic rings. The van der Waals surface area contributed by atoms with E-state index in [0.717, 1.165) is 47.0 Å². The summed E-state index contributed by atoms with van der Waals surface area (Å²) in [5.74, 6) is -0.0546. The first kappa shape index (κ1) is 19.8.